The van der Waals surface area contributed by atoms with Crippen molar-refractivity contribution in [1.82, 2.24) is 10.2 Å². The van der Waals surface area contributed by atoms with Crippen LogP contribution in [-0.4, -0.2) is 21.7 Å². The molecule has 23 heavy (non-hydrogen) atoms. The highest BCUT2D eigenvalue weighted by Gasteiger charge is 2.13. The average Bonchev–Trinajstić information content (AvgIpc) is 3.12. The Bertz CT molecular complexity index is 832. The summed E-state index contributed by atoms with van der Waals surface area (Å²) in [4.78, 5) is 14.0. The fraction of sp³-hybridized carbons (Fsp3) is 0.235. The van der Waals surface area contributed by atoms with Gasteiger partial charge in [0.15, 0.2) is 5.78 Å². The quantitative estimate of drug-likeness (QED) is 0.496. The lowest BCUT2D eigenvalue weighted by Gasteiger charge is -2.00. The number of carbonyl (C=O) groups is 1. The summed E-state index contributed by atoms with van der Waals surface area (Å²) in [6, 6.07) is 9.92. The lowest BCUT2D eigenvalue weighted by molar-refractivity contribution is 0.102. The number of rotatable bonds is 5. The van der Waals surface area contributed by atoms with Crippen LogP contribution in [0.5, 0.6) is 0 Å². The average molecular weight is 344 g/mol. The molecule has 0 fully saturated rings. The number of aromatic nitrogens is 2. The van der Waals surface area contributed by atoms with Crippen molar-refractivity contribution in [3.8, 4) is 11.5 Å². The van der Waals surface area contributed by atoms with Crippen molar-refractivity contribution >= 4 is 28.9 Å². The Kier molecular flexibility index (Phi) is 4.63. The molecular formula is C17H16N2O2S2. The van der Waals surface area contributed by atoms with Crippen molar-refractivity contribution in [2.24, 2.45) is 0 Å². The van der Waals surface area contributed by atoms with Crippen LogP contribution in [0, 0.1) is 20.8 Å². The molecule has 0 spiro atoms. The Morgan fingerprint density at radius 3 is 2.52 bits per heavy atom. The molecule has 0 radical (unpaired) electrons. The summed E-state index contributed by atoms with van der Waals surface area (Å²) in [5, 5.41) is 8.51. The summed E-state index contributed by atoms with van der Waals surface area (Å²) >= 11 is 2.78. The third kappa shape index (κ3) is 3.89. The molecule has 0 aliphatic carbocycles. The first-order chi connectivity index (χ1) is 11.0. The predicted octanol–water partition coefficient (Wildman–Crippen LogP) is 4.70. The summed E-state index contributed by atoms with van der Waals surface area (Å²) < 4.78 is 5.66. The zero-order chi connectivity index (χ0) is 16.4. The Balaban J connectivity index is 1.69. The summed E-state index contributed by atoms with van der Waals surface area (Å²) in [6.07, 6.45) is 0. The second-order valence-electron chi connectivity index (χ2n) is 5.37. The number of benzene rings is 1. The molecule has 0 aliphatic heterocycles. The molecule has 118 valence electrons. The summed E-state index contributed by atoms with van der Waals surface area (Å²) in [5.74, 6) is 0.868. The van der Waals surface area contributed by atoms with Gasteiger partial charge in [0, 0.05) is 10.4 Å². The normalized spacial score (nSPS) is 10.9. The topological polar surface area (TPSA) is 56.0 Å². The highest BCUT2D eigenvalue weighted by atomic mass is 32.2. The van der Waals surface area contributed by atoms with E-state index in [0.29, 0.717) is 16.9 Å². The lowest BCUT2D eigenvalue weighted by atomic mass is 10.1. The van der Waals surface area contributed by atoms with Crippen LogP contribution in [0.4, 0.5) is 0 Å². The summed E-state index contributed by atoms with van der Waals surface area (Å²) in [6.45, 7) is 6.05. The number of thioether (sulfide) groups is 1. The van der Waals surface area contributed by atoms with Crippen LogP contribution in [0.3, 0.4) is 0 Å². The van der Waals surface area contributed by atoms with Crippen molar-refractivity contribution in [1.29, 1.82) is 0 Å². The van der Waals surface area contributed by atoms with Crippen molar-refractivity contribution in [3.05, 3.63) is 51.2 Å². The van der Waals surface area contributed by atoms with Crippen molar-refractivity contribution in [2.45, 2.75) is 26.0 Å². The van der Waals surface area contributed by atoms with E-state index in [2.05, 4.69) is 16.3 Å². The number of Topliss-reactive ketones (excluding diaryl/α,β-unsaturated/α-hetero) is 1. The van der Waals surface area contributed by atoms with Crippen LogP contribution in [0.2, 0.25) is 0 Å². The van der Waals surface area contributed by atoms with Crippen molar-refractivity contribution < 1.29 is 9.21 Å². The van der Waals surface area contributed by atoms with Gasteiger partial charge in [0.2, 0.25) is 5.89 Å². The van der Waals surface area contributed by atoms with Gasteiger partial charge in [0.05, 0.1) is 10.6 Å². The van der Waals surface area contributed by atoms with Gasteiger partial charge in [-0.25, -0.2) is 0 Å². The molecule has 0 N–H and O–H groups in total. The second-order valence-corrected chi connectivity index (χ2v) is 7.59. The van der Waals surface area contributed by atoms with E-state index in [1.54, 1.807) is 0 Å². The summed E-state index contributed by atoms with van der Waals surface area (Å²) in [5.41, 5.74) is 3.20. The largest absolute Gasteiger partial charge is 0.411 e. The van der Waals surface area contributed by atoms with E-state index in [4.69, 9.17) is 4.42 Å². The molecule has 1 aromatic carbocycles. The molecule has 0 saturated carbocycles. The van der Waals surface area contributed by atoms with E-state index in [-0.39, 0.29) is 5.78 Å². The minimum absolute atomic E-state index is 0.0826. The smallest absolute Gasteiger partial charge is 0.277 e. The minimum atomic E-state index is 0.0826. The number of hydrogen-bond donors (Lipinski definition) is 0. The van der Waals surface area contributed by atoms with Crippen LogP contribution in [0.25, 0.3) is 11.5 Å². The maximum atomic E-state index is 12.1. The summed E-state index contributed by atoms with van der Waals surface area (Å²) in [7, 11) is 0. The van der Waals surface area contributed by atoms with Gasteiger partial charge in [-0.05, 0) is 45.0 Å². The molecule has 0 unspecified atom stereocenters. The van der Waals surface area contributed by atoms with E-state index in [9.17, 15) is 4.79 Å². The predicted molar refractivity (Wildman–Crippen MR) is 93.3 cm³/mol. The van der Waals surface area contributed by atoms with Gasteiger partial charge in [-0.3, -0.25) is 4.79 Å². The van der Waals surface area contributed by atoms with Gasteiger partial charge in [-0.15, -0.1) is 21.5 Å². The number of aryl methyl sites for hydroxylation is 3. The van der Waals surface area contributed by atoms with Gasteiger partial charge in [0.1, 0.15) is 0 Å². The standard InChI is InChI=1S/C17H16N2O2S2/c1-10-6-11(2)8-13(7-10)16-18-19-17(21-16)22-9-14(20)15-5-4-12(3)23-15/h4-8H,9H2,1-3H3. The van der Waals surface area contributed by atoms with E-state index >= 15 is 0 Å². The van der Waals surface area contributed by atoms with Crippen LogP contribution >= 0.6 is 23.1 Å². The third-order valence-corrected chi connectivity index (χ3v) is 5.08. The molecule has 6 heteroatoms. The van der Waals surface area contributed by atoms with E-state index in [1.165, 1.54) is 23.1 Å². The number of thiophene rings is 1. The molecule has 3 rings (SSSR count). The lowest BCUT2D eigenvalue weighted by Crippen LogP contribution is -1.99. The van der Waals surface area contributed by atoms with Gasteiger partial charge in [-0.1, -0.05) is 29.0 Å². The van der Waals surface area contributed by atoms with Crippen LogP contribution < -0.4 is 0 Å². The molecular weight excluding hydrogens is 328 g/mol. The number of hydrogen-bond acceptors (Lipinski definition) is 6. The molecule has 4 nitrogen and oxygen atoms in total. The molecule has 3 aromatic rings. The Morgan fingerprint density at radius 2 is 1.87 bits per heavy atom. The van der Waals surface area contributed by atoms with Crippen molar-refractivity contribution in [2.75, 3.05) is 5.75 Å². The highest BCUT2D eigenvalue weighted by Crippen LogP contribution is 2.26. The number of ketones is 1. The second kappa shape index (κ2) is 6.68. The highest BCUT2D eigenvalue weighted by molar-refractivity contribution is 7.99. The number of nitrogens with zero attached hydrogens (tertiary/aromatic N) is 2. The fourth-order valence-corrected chi connectivity index (χ4v) is 3.81. The van der Waals surface area contributed by atoms with Gasteiger partial charge in [-0.2, -0.15) is 0 Å². The monoisotopic (exact) mass is 344 g/mol. The molecule has 0 aliphatic rings. The molecule has 2 heterocycles. The fourth-order valence-electron chi connectivity index (χ4n) is 2.27. The minimum Gasteiger partial charge on any atom is -0.411 e. The maximum absolute atomic E-state index is 12.1. The zero-order valence-electron chi connectivity index (χ0n) is 13.1. The molecule has 0 bridgehead atoms. The Labute approximate surface area is 142 Å². The Morgan fingerprint density at radius 1 is 1.13 bits per heavy atom. The molecule has 0 atom stereocenters. The first kappa shape index (κ1) is 16.0. The maximum Gasteiger partial charge on any atom is 0.277 e. The van der Waals surface area contributed by atoms with Crippen LogP contribution in [0.1, 0.15) is 25.7 Å². The van der Waals surface area contributed by atoms with Crippen molar-refractivity contribution in [3.63, 3.8) is 0 Å². The van der Waals surface area contributed by atoms with E-state index in [0.717, 1.165) is 26.4 Å². The van der Waals surface area contributed by atoms with Gasteiger partial charge in [0.25, 0.3) is 5.22 Å². The molecule has 2 aromatic heterocycles. The third-order valence-electron chi connectivity index (χ3n) is 3.22. The van der Waals surface area contributed by atoms with Gasteiger partial charge < -0.3 is 4.42 Å². The van der Waals surface area contributed by atoms with Crippen LogP contribution in [-0.2, 0) is 0 Å². The van der Waals surface area contributed by atoms with Gasteiger partial charge >= 0.3 is 0 Å². The number of carbonyl (C=O) groups excluding carboxylic acids is 1. The molecule has 0 saturated heterocycles. The van der Waals surface area contributed by atoms with E-state index < -0.39 is 0 Å². The first-order valence-corrected chi connectivity index (χ1v) is 8.96. The van der Waals surface area contributed by atoms with Crippen LogP contribution in [0.15, 0.2) is 40.0 Å². The SMILES string of the molecule is Cc1cc(C)cc(-c2nnc(SCC(=O)c3ccc(C)s3)o2)c1. The molecule has 0 amide bonds. The van der Waals surface area contributed by atoms with E-state index in [1.807, 2.05) is 45.0 Å². The Hall–Kier alpha value is -1.92. The zero-order valence-corrected chi connectivity index (χ0v) is 14.8. The first-order valence-electron chi connectivity index (χ1n) is 7.16.